The molecule has 1 aliphatic carbocycles. The Morgan fingerprint density at radius 3 is 2.62 bits per heavy atom. The Labute approximate surface area is 82.9 Å². The van der Waals surface area contributed by atoms with Gasteiger partial charge in [-0.3, -0.25) is 4.21 Å². The first kappa shape index (κ1) is 9.66. The van der Waals surface area contributed by atoms with E-state index in [-0.39, 0.29) is 0 Å². The molecular weight excluding hydrogens is 182 g/mol. The lowest BCUT2D eigenvalue weighted by molar-refractivity contribution is 0.284. The first-order valence-corrected chi connectivity index (χ1v) is 6.93. The van der Waals surface area contributed by atoms with E-state index in [4.69, 9.17) is 0 Å². The van der Waals surface area contributed by atoms with E-state index >= 15 is 0 Å². The second-order valence-corrected chi connectivity index (χ2v) is 5.89. The van der Waals surface area contributed by atoms with E-state index in [9.17, 15) is 4.21 Å². The molecule has 0 radical (unpaired) electrons. The maximum absolute atomic E-state index is 11.4. The molecule has 2 nitrogen and oxygen atoms in total. The minimum Gasteiger partial charge on any atom is -0.312 e. The van der Waals surface area contributed by atoms with Gasteiger partial charge >= 0.3 is 0 Å². The smallest absolute Gasteiger partial charge is 0.0392 e. The standard InChI is InChI=1S/C10H19NOS/c12-13-7-6-11-10(8-13)9-4-2-1-3-5-9/h9-11H,1-8H2. The average molecular weight is 201 g/mol. The van der Waals surface area contributed by atoms with Crippen molar-refractivity contribution in [1.82, 2.24) is 5.32 Å². The van der Waals surface area contributed by atoms with Crippen LogP contribution in [0.1, 0.15) is 32.1 Å². The molecule has 1 saturated heterocycles. The summed E-state index contributed by atoms with van der Waals surface area (Å²) in [5.41, 5.74) is 0. The molecule has 76 valence electrons. The summed E-state index contributed by atoms with van der Waals surface area (Å²) in [6.45, 7) is 0.966. The van der Waals surface area contributed by atoms with Gasteiger partial charge in [-0.25, -0.2) is 0 Å². The first-order valence-electron chi connectivity index (χ1n) is 5.44. The van der Waals surface area contributed by atoms with E-state index < -0.39 is 10.8 Å². The molecule has 2 aliphatic rings. The molecule has 0 amide bonds. The Morgan fingerprint density at radius 2 is 1.92 bits per heavy atom. The second-order valence-electron chi connectivity index (χ2n) is 4.27. The fourth-order valence-corrected chi connectivity index (χ4v) is 3.84. The van der Waals surface area contributed by atoms with E-state index in [1.54, 1.807) is 0 Å². The lowest BCUT2D eigenvalue weighted by atomic mass is 9.84. The highest BCUT2D eigenvalue weighted by Gasteiger charge is 2.27. The van der Waals surface area contributed by atoms with Crippen LogP contribution in [0, 0.1) is 5.92 Å². The van der Waals surface area contributed by atoms with Gasteiger partial charge in [0.25, 0.3) is 0 Å². The summed E-state index contributed by atoms with van der Waals surface area (Å²) in [6, 6.07) is 0.565. The van der Waals surface area contributed by atoms with Gasteiger partial charge in [-0.1, -0.05) is 19.3 Å². The molecule has 2 atom stereocenters. The van der Waals surface area contributed by atoms with Crippen LogP contribution >= 0.6 is 0 Å². The lowest BCUT2D eigenvalue weighted by Gasteiger charge is -2.33. The van der Waals surface area contributed by atoms with E-state index in [0.717, 1.165) is 24.0 Å². The molecule has 1 aliphatic heterocycles. The molecule has 1 heterocycles. The van der Waals surface area contributed by atoms with Crippen molar-refractivity contribution in [3.05, 3.63) is 0 Å². The van der Waals surface area contributed by atoms with Crippen molar-refractivity contribution in [2.45, 2.75) is 38.1 Å². The Morgan fingerprint density at radius 1 is 1.15 bits per heavy atom. The topological polar surface area (TPSA) is 29.1 Å². The van der Waals surface area contributed by atoms with Gasteiger partial charge in [-0.05, 0) is 18.8 Å². The van der Waals surface area contributed by atoms with Crippen molar-refractivity contribution in [1.29, 1.82) is 0 Å². The van der Waals surface area contributed by atoms with Crippen LogP contribution in [-0.4, -0.2) is 28.3 Å². The van der Waals surface area contributed by atoms with Gasteiger partial charge in [0.05, 0.1) is 0 Å². The fourth-order valence-electron chi connectivity index (χ4n) is 2.54. The van der Waals surface area contributed by atoms with E-state index in [2.05, 4.69) is 5.32 Å². The lowest BCUT2D eigenvalue weighted by Crippen LogP contribution is -2.47. The molecule has 2 unspecified atom stereocenters. The summed E-state index contributed by atoms with van der Waals surface area (Å²) in [4.78, 5) is 0. The molecule has 0 aromatic carbocycles. The van der Waals surface area contributed by atoms with Crippen molar-refractivity contribution in [2.75, 3.05) is 18.1 Å². The normalized spacial score (nSPS) is 37.5. The summed E-state index contributed by atoms with van der Waals surface area (Å²) in [7, 11) is -0.534. The average Bonchev–Trinajstić information content (AvgIpc) is 2.19. The molecule has 2 rings (SSSR count). The molecule has 0 aromatic heterocycles. The van der Waals surface area contributed by atoms with Gasteiger partial charge in [0.15, 0.2) is 0 Å². The van der Waals surface area contributed by atoms with Crippen molar-refractivity contribution in [3.8, 4) is 0 Å². The Hall–Kier alpha value is 0.110. The van der Waals surface area contributed by atoms with Gasteiger partial charge < -0.3 is 5.32 Å². The summed E-state index contributed by atoms with van der Waals surface area (Å²) >= 11 is 0. The number of hydrogen-bond acceptors (Lipinski definition) is 2. The predicted octanol–water partition coefficient (Wildman–Crippen LogP) is 1.29. The van der Waals surface area contributed by atoms with Crippen LogP contribution in [0.5, 0.6) is 0 Å². The zero-order valence-electron chi connectivity index (χ0n) is 8.13. The van der Waals surface area contributed by atoms with Gasteiger partial charge in [-0.2, -0.15) is 0 Å². The third-order valence-electron chi connectivity index (χ3n) is 3.32. The molecule has 0 spiro atoms. The predicted molar refractivity (Wildman–Crippen MR) is 56.2 cm³/mol. The van der Waals surface area contributed by atoms with Crippen LogP contribution in [0.4, 0.5) is 0 Å². The third kappa shape index (κ3) is 2.53. The van der Waals surface area contributed by atoms with Gasteiger partial charge in [0.1, 0.15) is 0 Å². The zero-order valence-corrected chi connectivity index (χ0v) is 8.94. The zero-order chi connectivity index (χ0) is 9.10. The maximum atomic E-state index is 11.4. The molecule has 0 aromatic rings. The van der Waals surface area contributed by atoms with Gasteiger partial charge in [0.2, 0.25) is 0 Å². The number of rotatable bonds is 1. The molecule has 3 heteroatoms. The minimum absolute atomic E-state index is 0.534. The van der Waals surface area contributed by atoms with E-state index in [0.29, 0.717) is 6.04 Å². The largest absolute Gasteiger partial charge is 0.312 e. The summed E-state index contributed by atoms with van der Waals surface area (Å²) in [6.07, 6.45) is 6.89. The fraction of sp³-hybridized carbons (Fsp3) is 1.00. The summed E-state index contributed by atoms with van der Waals surface area (Å²) in [5, 5.41) is 3.53. The molecule has 0 bridgehead atoms. The Balaban J connectivity index is 1.87. The van der Waals surface area contributed by atoms with Crippen LogP contribution in [-0.2, 0) is 10.8 Å². The monoisotopic (exact) mass is 201 g/mol. The first-order chi connectivity index (χ1) is 6.36. The second kappa shape index (κ2) is 4.56. The number of nitrogens with one attached hydrogen (secondary N) is 1. The third-order valence-corrected chi connectivity index (χ3v) is 4.71. The van der Waals surface area contributed by atoms with Crippen LogP contribution in [0.3, 0.4) is 0 Å². The van der Waals surface area contributed by atoms with Gasteiger partial charge in [-0.15, -0.1) is 0 Å². The Bertz CT molecular complexity index is 189. The SMILES string of the molecule is O=S1CCNC(C2CCCCC2)C1. The Kier molecular flexibility index (Phi) is 3.39. The molecule has 1 saturated carbocycles. The van der Waals surface area contributed by atoms with Crippen molar-refractivity contribution in [3.63, 3.8) is 0 Å². The highest BCUT2D eigenvalue weighted by molar-refractivity contribution is 7.85. The molecule has 1 N–H and O–H groups in total. The highest BCUT2D eigenvalue weighted by atomic mass is 32.2. The minimum atomic E-state index is -0.534. The van der Waals surface area contributed by atoms with Crippen LogP contribution in [0.15, 0.2) is 0 Å². The van der Waals surface area contributed by atoms with Crippen LogP contribution in [0.2, 0.25) is 0 Å². The van der Waals surface area contributed by atoms with Crippen LogP contribution < -0.4 is 5.32 Å². The molecular formula is C10H19NOS. The number of hydrogen-bond donors (Lipinski definition) is 1. The maximum Gasteiger partial charge on any atom is 0.0392 e. The van der Waals surface area contributed by atoms with E-state index in [1.165, 1.54) is 32.1 Å². The quantitative estimate of drug-likeness (QED) is 0.692. The van der Waals surface area contributed by atoms with Crippen molar-refractivity contribution >= 4 is 10.8 Å². The molecule has 13 heavy (non-hydrogen) atoms. The summed E-state index contributed by atoms with van der Waals surface area (Å²) < 4.78 is 11.4. The highest BCUT2D eigenvalue weighted by Crippen LogP contribution is 2.27. The van der Waals surface area contributed by atoms with Crippen molar-refractivity contribution < 1.29 is 4.21 Å². The van der Waals surface area contributed by atoms with Crippen molar-refractivity contribution in [2.24, 2.45) is 5.92 Å². The van der Waals surface area contributed by atoms with Crippen LogP contribution in [0.25, 0.3) is 0 Å². The molecule has 2 fully saturated rings. The van der Waals surface area contributed by atoms with Gasteiger partial charge in [0, 0.05) is 34.9 Å². The summed E-state index contributed by atoms with van der Waals surface area (Å²) in [5.74, 6) is 2.59. The van der Waals surface area contributed by atoms with E-state index in [1.807, 2.05) is 0 Å².